The topological polar surface area (TPSA) is 58.2 Å². The molecule has 1 aromatic rings. The van der Waals surface area contributed by atoms with Crippen molar-refractivity contribution in [2.45, 2.75) is 45.1 Å². The fourth-order valence-electron chi connectivity index (χ4n) is 3.20. The zero-order chi connectivity index (χ0) is 14.8. The van der Waals surface area contributed by atoms with E-state index >= 15 is 0 Å². The summed E-state index contributed by atoms with van der Waals surface area (Å²) in [4.78, 5) is 0. The van der Waals surface area contributed by atoms with Crippen molar-refractivity contribution in [3.8, 4) is 0 Å². The second-order valence-corrected chi connectivity index (χ2v) is 7.05. The van der Waals surface area contributed by atoms with E-state index in [2.05, 4.69) is 16.1 Å². The maximum atomic E-state index is 11.2. The van der Waals surface area contributed by atoms with E-state index in [-0.39, 0.29) is 2.85 Å². The summed E-state index contributed by atoms with van der Waals surface area (Å²) >= 11 is 0. The van der Waals surface area contributed by atoms with Gasteiger partial charge in [-0.25, -0.2) is 8.42 Å². The Morgan fingerprint density at radius 2 is 2.10 bits per heavy atom. The van der Waals surface area contributed by atoms with Crippen LogP contribution in [0.2, 0.25) is 0 Å². The molecule has 116 valence electrons. The number of anilines is 1. The van der Waals surface area contributed by atoms with Gasteiger partial charge in [-0.2, -0.15) is 0 Å². The molecule has 5 heteroatoms. The Morgan fingerprint density at radius 1 is 1.35 bits per heavy atom. The van der Waals surface area contributed by atoms with Gasteiger partial charge in [0.25, 0.3) is 0 Å². The molecule has 2 N–H and O–H groups in total. The van der Waals surface area contributed by atoms with Crippen molar-refractivity contribution in [2.24, 2.45) is 0 Å². The van der Waals surface area contributed by atoms with Gasteiger partial charge in [0.05, 0.1) is 6.26 Å². The van der Waals surface area contributed by atoms with Crippen LogP contribution in [0.25, 0.3) is 0 Å². The van der Waals surface area contributed by atoms with Crippen molar-refractivity contribution in [3.63, 3.8) is 0 Å². The van der Waals surface area contributed by atoms with Gasteiger partial charge in [-0.05, 0) is 55.0 Å². The highest BCUT2D eigenvalue weighted by molar-refractivity contribution is 7.92. The third-order valence-corrected chi connectivity index (χ3v) is 4.48. The lowest BCUT2D eigenvalue weighted by molar-refractivity contribution is 0.372. The average molecular weight is 300 g/mol. The highest BCUT2D eigenvalue weighted by Crippen LogP contribution is 2.39. The molecule has 20 heavy (non-hydrogen) atoms. The molecule has 0 radical (unpaired) electrons. The van der Waals surface area contributed by atoms with Crippen molar-refractivity contribution < 1.29 is 11.3 Å². The van der Waals surface area contributed by atoms with Crippen LogP contribution in [0.5, 0.6) is 0 Å². The molecule has 1 fully saturated rings. The van der Waals surface area contributed by atoms with Gasteiger partial charge in [0.15, 0.2) is 0 Å². The van der Waals surface area contributed by atoms with Crippen molar-refractivity contribution in [3.05, 3.63) is 29.3 Å². The van der Waals surface area contributed by atoms with Crippen LogP contribution in [0, 0.1) is 0 Å². The Labute approximate surface area is 125 Å². The summed E-state index contributed by atoms with van der Waals surface area (Å²) in [6.07, 6.45) is 4.66. The Morgan fingerprint density at radius 3 is 2.80 bits per heavy atom. The quantitative estimate of drug-likeness (QED) is 0.883. The molecule has 1 aliphatic heterocycles. The minimum Gasteiger partial charge on any atom is -0.313 e. The number of nitrogens with one attached hydrogen (secondary N) is 2. The maximum absolute atomic E-state index is 11.2. The third-order valence-electron chi connectivity index (χ3n) is 3.87. The summed E-state index contributed by atoms with van der Waals surface area (Å²) in [7, 11) is -3.19. The molecule has 4 nitrogen and oxygen atoms in total. The number of benzene rings is 1. The van der Waals surface area contributed by atoms with Crippen LogP contribution in [-0.4, -0.2) is 27.3 Å². The van der Waals surface area contributed by atoms with Gasteiger partial charge in [-0.15, -0.1) is 0 Å². The van der Waals surface area contributed by atoms with Crippen LogP contribution in [-0.2, 0) is 16.4 Å². The molecule has 0 spiro atoms. The van der Waals surface area contributed by atoms with Gasteiger partial charge in [-0.3, -0.25) is 4.72 Å². The molecule has 2 atom stereocenters. The van der Waals surface area contributed by atoms with Crippen molar-refractivity contribution in [1.82, 2.24) is 5.32 Å². The Kier molecular flexibility index (Phi) is 4.70. The molecule has 1 heterocycles. The predicted molar refractivity (Wildman–Crippen MR) is 88.0 cm³/mol. The number of rotatable bonds is 2. The summed E-state index contributed by atoms with van der Waals surface area (Å²) in [5.74, 6) is 0.612. The van der Waals surface area contributed by atoms with E-state index in [1.165, 1.54) is 30.2 Å². The lowest BCUT2D eigenvalue weighted by Gasteiger charge is -2.27. The van der Waals surface area contributed by atoms with Gasteiger partial charge < -0.3 is 5.32 Å². The van der Waals surface area contributed by atoms with Crippen LogP contribution in [0.4, 0.5) is 5.69 Å². The van der Waals surface area contributed by atoms with Gasteiger partial charge in [-0.1, -0.05) is 19.9 Å². The first-order valence-electron chi connectivity index (χ1n) is 7.37. The lowest BCUT2D eigenvalue weighted by Crippen LogP contribution is -2.37. The van der Waals surface area contributed by atoms with Crippen LogP contribution in [0.15, 0.2) is 18.2 Å². The number of piperidine rings is 1. The van der Waals surface area contributed by atoms with E-state index in [0.29, 0.717) is 17.6 Å². The summed E-state index contributed by atoms with van der Waals surface area (Å²) < 4.78 is 25.0. The van der Waals surface area contributed by atoms with Gasteiger partial charge >= 0.3 is 0 Å². The normalized spacial score (nSPS) is 24.1. The minimum atomic E-state index is -3.19. The molecule has 0 amide bonds. The molecular weight excluding hydrogens is 272 g/mol. The van der Waals surface area contributed by atoms with E-state index in [0.717, 1.165) is 13.0 Å². The van der Waals surface area contributed by atoms with Gasteiger partial charge in [0.1, 0.15) is 0 Å². The van der Waals surface area contributed by atoms with E-state index in [1.54, 1.807) is 0 Å². The molecule has 0 aromatic heterocycles. The van der Waals surface area contributed by atoms with Gasteiger partial charge in [0, 0.05) is 14.6 Å². The minimum absolute atomic E-state index is 0. The highest BCUT2D eigenvalue weighted by Gasteiger charge is 2.33. The Balaban J connectivity index is 0.00000106. The molecule has 2 aliphatic rings. The maximum Gasteiger partial charge on any atom is 0.229 e. The number of hydrogen-bond acceptors (Lipinski definition) is 3. The smallest absolute Gasteiger partial charge is 0.229 e. The average Bonchev–Trinajstić information content (AvgIpc) is 2.76. The van der Waals surface area contributed by atoms with Crippen LogP contribution < -0.4 is 10.0 Å². The van der Waals surface area contributed by atoms with Crippen LogP contribution in [0.3, 0.4) is 0 Å². The Bertz CT molecular complexity index is 579. The summed E-state index contributed by atoms with van der Waals surface area (Å²) in [5, 5.41) is 3.56. The number of hydrogen-bond donors (Lipinski definition) is 2. The fraction of sp³-hybridized carbons (Fsp3) is 0.600. The zero-order valence-electron chi connectivity index (χ0n) is 12.4. The van der Waals surface area contributed by atoms with Crippen molar-refractivity contribution >= 4 is 15.7 Å². The van der Waals surface area contributed by atoms with Crippen molar-refractivity contribution in [1.29, 1.82) is 0 Å². The fourth-order valence-corrected chi connectivity index (χ4v) is 3.75. The predicted octanol–water partition coefficient (Wildman–Crippen LogP) is 2.97. The molecule has 1 saturated heterocycles. The SMILES string of the molecule is CC.CS(=O)(=O)Nc1ccc2c(c1)C[C@@H]1NCCC[C@H]21.[HH].[HH]. The molecule has 3 rings (SSSR count). The molecule has 0 bridgehead atoms. The third kappa shape index (κ3) is 3.33. The summed E-state index contributed by atoms with van der Waals surface area (Å²) in [6, 6.07) is 6.48. The molecule has 0 unspecified atom stereocenters. The second-order valence-electron chi connectivity index (χ2n) is 5.30. The van der Waals surface area contributed by atoms with E-state index in [4.69, 9.17) is 0 Å². The molecule has 0 saturated carbocycles. The zero-order valence-corrected chi connectivity index (χ0v) is 13.3. The monoisotopic (exact) mass is 300 g/mol. The van der Waals surface area contributed by atoms with Gasteiger partial charge in [0.2, 0.25) is 10.0 Å². The van der Waals surface area contributed by atoms with E-state index < -0.39 is 10.0 Å². The molecule has 1 aliphatic carbocycles. The first-order valence-corrected chi connectivity index (χ1v) is 9.26. The first kappa shape index (κ1) is 15.3. The summed E-state index contributed by atoms with van der Waals surface area (Å²) in [5.41, 5.74) is 3.36. The Hall–Kier alpha value is -1.07. The van der Waals surface area contributed by atoms with Crippen molar-refractivity contribution in [2.75, 3.05) is 17.5 Å². The van der Waals surface area contributed by atoms with E-state index in [9.17, 15) is 8.42 Å². The van der Waals surface area contributed by atoms with Crippen LogP contribution >= 0.6 is 0 Å². The highest BCUT2D eigenvalue weighted by atomic mass is 32.2. The standard InChI is InChI=1S/C13H18N2O2S.C2H6.2H2/c1-18(16,17)15-10-4-5-11-9(7-10)8-13-12(11)3-2-6-14-13;1-2;;/h4-5,7,12-15H,2-3,6,8H2,1H3;1-2H3;2*1H/t12-,13+;;;/m1.../s1. The number of fused-ring (bicyclic) bond motifs is 3. The van der Waals surface area contributed by atoms with E-state index in [1.807, 2.05) is 26.0 Å². The second kappa shape index (κ2) is 6.14. The number of sulfonamides is 1. The lowest BCUT2D eigenvalue weighted by atomic mass is 9.90. The first-order chi connectivity index (χ1) is 9.53. The molecular formula is C15H28N2O2S. The summed E-state index contributed by atoms with van der Waals surface area (Å²) in [6.45, 7) is 5.10. The largest absolute Gasteiger partial charge is 0.313 e. The van der Waals surface area contributed by atoms with Crippen LogP contribution in [0.1, 0.15) is 46.6 Å². The molecule has 1 aromatic carbocycles.